The predicted octanol–water partition coefficient (Wildman–Crippen LogP) is 2.60. The summed E-state index contributed by atoms with van der Waals surface area (Å²) in [5, 5.41) is 8.97. The Bertz CT molecular complexity index is 391. The number of carboxylic acids is 1. The van der Waals surface area contributed by atoms with E-state index in [1.807, 2.05) is 0 Å². The Balaban J connectivity index is 2.22. The molecule has 0 unspecified atom stereocenters. The Kier molecular flexibility index (Phi) is 2.86. The third kappa shape index (κ3) is 2.09. The molecular formula is C11H12O3S. The highest BCUT2D eigenvalue weighted by Gasteiger charge is 2.22. The number of thiophene rings is 1. The largest absolute Gasteiger partial charge is 0.477 e. The van der Waals surface area contributed by atoms with Gasteiger partial charge in [-0.2, -0.15) is 0 Å². The molecule has 0 atom stereocenters. The maximum absolute atomic E-state index is 10.9. The van der Waals surface area contributed by atoms with Gasteiger partial charge in [-0.05, 0) is 24.0 Å². The van der Waals surface area contributed by atoms with E-state index in [9.17, 15) is 9.59 Å². The van der Waals surface area contributed by atoms with E-state index >= 15 is 0 Å². The van der Waals surface area contributed by atoms with Gasteiger partial charge in [-0.25, -0.2) is 4.79 Å². The van der Waals surface area contributed by atoms with Crippen LogP contribution in [0, 0.1) is 5.92 Å². The summed E-state index contributed by atoms with van der Waals surface area (Å²) in [4.78, 5) is 22.4. The van der Waals surface area contributed by atoms with E-state index in [1.165, 1.54) is 19.3 Å². The van der Waals surface area contributed by atoms with Crippen molar-refractivity contribution < 1.29 is 14.7 Å². The zero-order valence-electron chi connectivity index (χ0n) is 8.23. The van der Waals surface area contributed by atoms with E-state index in [1.54, 1.807) is 6.07 Å². The summed E-state index contributed by atoms with van der Waals surface area (Å²) < 4.78 is 0. The van der Waals surface area contributed by atoms with Gasteiger partial charge in [0, 0.05) is 0 Å². The molecule has 1 saturated carbocycles. The van der Waals surface area contributed by atoms with Gasteiger partial charge in [-0.15, -0.1) is 11.3 Å². The zero-order chi connectivity index (χ0) is 10.8. The number of aldehydes is 1. The molecule has 0 spiro atoms. The Labute approximate surface area is 91.7 Å². The van der Waals surface area contributed by atoms with Crippen LogP contribution in [0.5, 0.6) is 0 Å². The van der Waals surface area contributed by atoms with Gasteiger partial charge < -0.3 is 5.11 Å². The summed E-state index contributed by atoms with van der Waals surface area (Å²) >= 11 is 1.08. The molecule has 0 aliphatic heterocycles. The van der Waals surface area contributed by atoms with Gasteiger partial charge in [0.25, 0.3) is 0 Å². The van der Waals surface area contributed by atoms with Gasteiger partial charge in [0.15, 0.2) is 6.29 Å². The molecule has 1 aromatic heterocycles. The predicted molar refractivity (Wildman–Crippen MR) is 57.7 cm³/mol. The molecule has 1 aliphatic rings. The normalized spacial score (nSPS) is 16.0. The molecule has 1 aliphatic carbocycles. The van der Waals surface area contributed by atoms with E-state index in [2.05, 4.69) is 0 Å². The Morgan fingerprint density at radius 3 is 2.80 bits per heavy atom. The van der Waals surface area contributed by atoms with Crippen LogP contribution in [-0.2, 0) is 6.42 Å². The van der Waals surface area contributed by atoms with E-state index in [0.717, 1.165) is 29.6 Å². The molecule has 1 N–H and O–H groups in total. The third-order valence-electron chi connectivity index (χ3n) is 2.87. The minimum absolute atomic E-state index is 0.337. The first-order chi connectivity index (χ1) is 7.20. The average Bonchev–Trinajstić information content (AvgIpc) is 2.54. The lowest BCUT2D eigenvalue weighted by Gasteiger charge is -2.24. The summed E-state index contributed by atoms with van der Waals surface area (Å²) in [6, 6.07) is 1.72. The molecule has 4 heteroatoms. The minimum atomic E-state index is -0.914. The van der Waals surface area contributed by atoms with Crippen molar-refractivity contribution in [3.05, 3.63) is 21.4 Å². The number of carbonyl (C=O) groups is 2. The van der Waals surface area contributed by atoms with Crippen molar-refractivity contribution in [3.63, 3.8) is 0 Å². The maximum atomic E-state index is 10.9. The average molecular weight is 224 g/mol. The summed E-state index contributed by atoms with van der Waals surface area (Å²) in [7, 11) is 0. The molecule has 0 aromatic carbocycles. The quantitative estimate of drug-likeness (QED) is 0.800. The molecule has 1 heterocycles. The summed E-state index contributed by atoms with van der Waals surface area (Å²) in [6.45, 7) is 0. The van der Waals surface area contributed by atoms with Crippen molar-refractivity contribution in [2.75, 3.05) is 0 Å². The zero-order valence-corrected chi connectivity index (χ0v) is 9.05. The lowest BCUT2D eigenvalue weighted by molar-refractivity contribution is 0.0700. The molecule has 15 heavy (non-hydrogen) atoms. The molecule has 1 aromatic rings. The van der Waals surface area contributed by atoms with Crippen molar-refractivity contribution in [1.82, 2.24) is 0 Å². The van der Waals surface area contributed by atoms with Gasteiger partial charge in [0.05, 0.1) is 4.88 Å². The molecule has 2 rings (SSSR count). The van der Waals surface area contributed by atoms with Crippen LogP contribution in [0.2, 0.25) is 0 Å². The topological polar surface area (TPSA) is 54.4 Å². The van der Waals surface area contributed by atoms with Crippen LogP contribution in [0.1, 0.15) is 44.2 Å². The molecule has 3 nitrogen and oxygen atoms in total. The van der Waals surface area contributed by atoms with Crippen LogP contribution in [0.25, 0.3) is 0 Å². The van der Waals surface area contributed by atoms with E-state index in [4.69, 9.17) is 5.11 Å². The summed E-state index contributed by atoms with van der Waals surface area (Å²) in [5.74, 6) is -0.292. The van der Waals surface area contributed by atoms with Crippen LogP contribution in [0.15, 0.2) is 6.07 Å². The molecule has 80 valence electrons. The first-order valence-electron chi connectivity index (χ1n) is 5.02. The van der Waals surface area contributed by atoms with Crippen molar-refractivity contribution >= 4 is 23.6 Å². The van der Waals surface area contributed by atoms with Gasteiger partial charge in [0.2, 0.25) is 0 Å². The monoisotopic (exact) mass is 224 g/mol. The fourth-order valence-electron chi connectivity index (χ4n) is 1.85. The molecule has 0 bridgehead atoms. The highest BCUT2D eigenvalue weighted by atomic mass is 32.1. The third-order valence-corrected chi connectivity index (χ3v) is 3.96. The van der Waals surface area contributed by atoms with Gasteiger partial charge in [0.1, 0.15) is 4.88 Å². The Hall–Kier alpha value is -1.16. The lowest BCUT2D eigenvalue weighted by atomic mass is 9.81. The van der Waals surface area contributed by atoms with Gasteiger partial charge in [-0.1, -0.05) is 19.3 Å². The van der Waals surface area contributed by atoms with Crippen LogP contribution < -0.4 is 0 Å². The molecule has 0 radical (unpaired) electrons. The van der Waals surface area contributed by atoms with Crippen LogP contribution in [0.3, 0.4) is 0 Å². The Morgan fingerprint density at radius 1 is 1.60 bits per heavy atom. The van der Waals surface area contributed by atoms with Crippen molar-refractivity contribution in [1.29, 1.82) is 0 Å². The number of aromatic carboxylic acids is 1. The van der Waals surface area contributed by atoms with Crippen molar-refractivity contribution in [2.24, 2.45) is 5.92 Å². The van der Waals surface area contributed by atoms with Crippen molar-refractivity contribution in [2.45, 2.75) is 25.7 Å². The standard InChI is InChI=1S/C11H12O3S/c12-6-9-5-8(4-7-2-1-3-7)10(15-9)11(13)14/h5-7H,1-4H2,(H,13,14). The van der Waals surface area contributed by atoms with Crippen LogP contribution >= 0.6 is 11.3 Å². The summed E-state index contributed by atoms with van der Waals surface area (Å²) in [6.07, 6.45) is 5.15. The van der Waals surface area contributed by atoms with E-state index in [0.29, 0.717) is 15.7 Å². The number of rotatable bonds is 4. The second kappa shape index (κ2) is 4.14. The first-order valence-corrected chi connectivity index (χ1v) is 5.83. The van der Waals surface area contributed by atoms with Gasteiger partial charge in [-0.3, -0.25) is 4.79 Å². The second-order valence-electron chi connectivity index (χ2n) is 3.93. The second-order valence-corrected chi connectivity index (χ2v) is 5.01. The van der Waals surface area contributed by atoms with Crippen LogP contribution in [-0.4, -0.2) is 17.4 Å². The number of hydrogen-bond donors (Lipinski definition) is 1. The smallest absolute Gasteiger partial charge is 0.346 e. The number of carbonyl (C=O) groups excluding carboxylic acids is 1. The maximum Gasteiger partial charge on any atom is 0.346 e. The number of hydrogen-bond acceptors (Lipinski definition) is 3. The number of carboxylic acid groups (broad SMARTS) is 1. The lowest BCUT2D eigenvalue weighted by Crippen LogP contribution is -2.14. The first kappa shape index (κ1) is 10.4. The molecule has 0 amide bonds. The summed E-state index contributed by atoms with van der Waals surface area (Å²) in [5.41, 5.74) is 0.833. The fourth-order valence-corrected chi connectivity index (χ4v) is 2.69. The molecule has 1 fully saturated rings. The van der Waals surface area contributed by atoms with Crippen molar-refractivity contribution in [3.8, 4) is 0 Å². The van der Waals surface area contributed by atoms with E-state index in [-0.39, 0.29) is 0 Å². The molecule has 0 saturated heterocycles. The van der Waals surface area contributed by atoms with Gasteiger partial charge >= 0.3 is 5.97 Å². The highest BCUT2D eigenvalue weighted by Crippen LogP contribution is 2.33. The highest BCUT2D eigenvalue weighted by molar-refractivity contribution is 7.15. The fraction of sp³-hybridized carbons (Fsp3) is 0.455. The van der Waals surface area contributed by atoms with Crippen LogP contribution in [0.4, 0.5) is 0 Å². The minimum Gasteiger partial charge on any atom is -0.477 e. The Morgan fingerprint density at radius 2 is 2.33 bits per heavy atom. The molecular weight excluding hydrogens is 212 g/mol. The van der Waals surface area contributed by atoms with E-state index < -0.39 is 5.97 Å². The SMILES string of the molecule is O=Cc1cc(CC2CCC2)c(C(=O)O)s1.